The predicted octanol–water partition coefficient (Wildman–Crippen LogP) is 2.41. The highest BCUT2D eigenvalue weighted by Crippen LogP contribution is 2.10. The molecule has 0 atom stereocenters. The van der Waals surface area contributed by atoms with Gasteiger partial charge in [-0.15, -0.1) is 0 Å². The van der Waals surface area contributed by atoms with Crippen molar-refractivity contribution >= 4 is 27.8 Å². The number of carbonyl (C=O) groups is 1. The number of pyridine rings is 1. The smallest absolute Gasteiger partial charge is 0.412 e. The third-order valence-electron chi connectivity index (χ3n) is 1.23. The fourth-order valence-electron chi connectivity index (χ4n) is 0.722. The van der Waals surface area contributed by atoms with E-state index in [0.29, 0.717) is 12.4 Å². The Labute approximate surface area is 84.4 Å². The van der Waals surface area contributed by atoms with Gasteiger partial charge in [-0.2, -0.15) is 0 Å². The lowest BCUT2D eigenvalue weighted by Gasteiger charge is -2.03. The largest absolute Gasteiger partial charge is 0.450 e. The second kappa shape index (κ2) is 4.81. The van der Waals surface area contributed by atoms with Gasteiger partial charge in [0.2, 0.25) is 0 Å². The maximum atomic E-state index is 10.9. The first kappa shape index (κ1) is 9.98. The van der Waals surface area contributed by atoms with E-state index in [1.165, 1.54) is 0 Å². The van der Waals surface area contributed by atoms with Crippen molar-refractivity contribution in [3.63, 3.8) is 0 Å². The summed E-state index contributed by atoms with van der Waals surface area (Å²) in [6.45, 7) is 2.09. The minimum atomic E-state index is -0.489. The molecular formula is C8H9BrN2O2. The molecule has 1 aromatic rings. The lowest BCUT2D eigenvalue weighted by Crippen LogP contribution is -2.13. The quantitative estimate of drug-likeness (QED) is 0.870. The predicted molar refractivity (Wildman–Crippen MR) is 52.6 cm³/mol. The minimum Gasteiger partial charge on any atom is -0.450 e. The Morgan fingerprint density at radius 1 is 1.69 bits per heavy atom. The van der Waals surface area contributed by atoms with Crippen LogP contribution in [0.5, 0.6) is 0 Å². The second-order valence-electron chi connectivity index (χ2n) is 2.21. The van der Waals surface area contributed by atoms with Crippen molar-refractivity contribution in [2.75, 3.05) is 11.9 Å². The van der Waals surface area contributed by atoms with Gasteiger partial charge in [0.25, 0.3) is 0 Å². The van der Waals surface area contributed by atoms with Crippen LogP contribution >= 0.6 is 15.9 Å². The zero-order valence-corrected chi connectivity index (χ0v) is 8.67. The summed E-state index contributed by atoms with van der Waals surface area (Å²) in [6.07, 6.45) is 1.11. The SMILES string of the molecule is CCOC(=O)Nc1ccc(Br)cn1. The van der Waals surface area contributed by atoms with E-state index in [1.807, 2.05) is 0 Å². The average molecular weight is 245 g/mol. The molecular weight excluding hydrogens is 236 g/mol. The zero-order chi connectivity index (χ0) is 9.68. The molecule has 0 bridgehead atoms. The van der Waals surface area contributed by atoms with Crippen molar-refractivity contribution in [1.82, 2.24) is 4.98 Å². The lowest BCUT2D eigenvalue weighted by molar-refractivity contribution is 0.168. The van der Waals surface area contributed by atoms with E-state index in [1.54, 1.807) is 25.3 Å². The van der Waals surface area contributed by atoms with E-state index >= 15 is 0 Å². The summed E-state index contributed by atoms with van der Waals surface area (Å²) >= 11 is 3.24. The van der Waals surface area contributed by atoms with Gasteiger partial charge < -0.3 is 4.74 Å². The molecule has 0 aliphatic rings. The molecule has 0 aromatic carbocycles. The molecule has 5 heteroatoms. The number of anilines is 1. The van der Waals surface area contributed by atoms with Gasteiger partial charge in [0.15, 0.2) is 0 Å². The molecule has 0 saturated heterocycles. The summed E-state index contributed by atoms with van der Waals surface area (Å²) in [5.41, 5.74) is 0. The van der Waals surface area contributed by atoms with Crippen LogP contribution < -0.4 is 5.32 Å². The van der Waals surface area contributed by atoms with E-state index in [-0.39, 0.29) is 0 Å². The van der Waals surface area contributed by atoms with Crippen molar-refractivity contribution < 1.29 is 9.53 Å². The van der Waals surface area contributed by atoms with Crippen LogP contribution in [0.4, 0.5) is 10.6 Å². The molecule has 1 aromatic heterocycles. The standard InChI is InChI=1S/C8H9BrN2O2/c1-2-13-8(12)11-7-4-3-6(9)5-10-7/h3-5H,2H2,1H3,(H,10,11,12). The van der Waals surface area contributed by atoms with Crippen LogP contribution in [0.2, 0.25) is 0 Å². The fraction of sp³-hybridized carbons (Fsp3) is 0.250. The van der Waals surface area contributed by atoms with Crippen molar-refractivity contribution in [3.05, 3.63) is 22.8 Å². The van der Waals surface area contributed by atoms with Crippen molar-refractivity contribution in [1.29, 1.82) is 0 Å². The van der Waals surface area contributed by atoms with Crippen LogP contribution in [-0.2, 0) is 4.74 Å². The lowest BCUT2D eigenvalue weighted by atomic mass is 10.5. The zero-order valence-electron chi connectivity index (χ0n) is 7.08. The van der Waals surface area contributed by atoms with Crippen molar-refractivity contribution in [2.45, 2.75) is 6.92 Å². The van der Waals surface area contributed by atoms with Gasteiger partial charge in [-0.1, -0.05) is 0 Å². The molecule has 0 fully saturated rings. The number of hydrogen-bond donors (Lipinski definition) is 1. The van der Waals surface area contributed by atoms with Gasteiger partial charge in [-0.3, -0.25) is 5.32 Å². The third-order valence-corrected chi connectivity index (χ3v) is 1.70. The van der Waals surface area contributed by atoms with Crippen LogP contribution in [0, 0.1) is 0 Å². The maximum Gasteiger partial charge on any atom is 0.412 e. The number of nitrogens with zero attached hydrogens (tertiary/aromatic N) is 1. The number of hydrogen-bond acceptors (Lipinski definition) is 3. The monoisotopic (exact) mass is 244 g/mol. The molecule has 70 valence electrons. The molecule has 0 unspecified atom stereocenters. The highest BCUT2D eigenvalue weighted by Gasteiger charge is 2.01. The summed E-state index contributed by atoms with van der Waals surface area (Å²) < 4.78 is 5.54. The summed E-state index contributed by atoms with van der Waals surface area (Å²) in [4.78, 5) is 14.9. The van der Waals surface area contributed by atoms with Crippen molar-refractivity contribution in [3.8, 4) is 0 Å². The minimum absolute atomic E-state index is 0.350. The van der Waals surface area contributed by atoms with Crippen LogP contribution in [0.15, 0.2) is 22.8 Å². The Kier molecular flexibility index (Phi) is 3.70. The number of carbonyl (C=O) groups excluding carboxylic acids is 1. The maximum absolute atomic E-state index is 10.9. The molecule has 1 N–H and O–H groups in total. The van der Waals surface area contributed by atoms with Crippen LogP contribution in [0.3, 0.4) is 0 Å². The molecule has 13 heavy (non-hydrogen) atoms. The Morgan fingerprint density at radius 2 is 2.46 bits per heavy atom. The Hall–Kier alpha value is -1.10. The van der Waals surface area contributed by atoms with Crippen LogP contribution in [-0.4, -0.2) is 17.7 Å². The number of aromatic nitrogens is 1. The summed E-state index contributed by atoms with van der Waals surface area (Å²) in [7, 11) is 0. The Balaban J connectivity index is 2.54. The van der Waals surface area contributed by atoms with E-state index in [4.69, 9.17) is 0 Å². The topological polar surface area (TPSA) is 51.2 Å². The van der Waals surface area contributed by atoms with Crippen LogP contribution in [0.25, 0.3) is 0 Å². The van der Waals surface area contributed by atoms with Gasteiger partial charge in [0.05, 0.1) is 6.61 Å². The van der Waals surface area contributed by atoms with Gasteiger partial charge in [-0.05, 0) is 35.0 Å². The van der Waals surface area contributed by atoms with E-state index in [9.17, 15) is 4.79 Å². The molecule has 0 saturated carbocycles. The van der Waals surface area contributed by atoms with Crippen LogP contribution in [0.1, 0.15) is 6.92 Å². The fourth-order valence-corrected chi connectivity index (χ4v) is 0.956. The Bertz CT molecular complexity index is 287. The normalized spacial score (nSPS) is 9.38. The first-order valence-electron chi connectivity index (χ1n) is 3.77. The molecule has 1 amide bonds. The second-order valence-corrected chi connectivity index (χ2v) is 3.12. The molecule has 0 aliphatic carbocycles. The van der Waals surface area contributed by atoms with E-state index < -0.39 is 6.09 Å². The summed E-state index contributed by atoms with van der Waals surface area (Å²) in [5.74, 6) is 0.474. The van der Waals surface area contributed by atoms with Gasteiger partial charge in [-0.25, -0.2) is 9.78 Å². The van der Waals surface area contributed by atoms with E-state index in [0.717, 1.165) is 4.47 Å². The van der Waals surface area contributed by atoms with E-state index in [2.05, 4.69) is 31.0 Å². The molecule has 1 rings (SSSR count). The number of halogens is 1. The number of nitrogens with one attached hydrogen (secondary N) is 1. The highest BCUT2D eigenvalue weighted by molar-refractivity contribution is 9.10. The Morgan fingerprint density at radius 3 is 3.00 bits per heavy atom. The summed E-state index contributed by atoms with van der Waals surface area (Å²) in [6, 6.07) is 3.47. The first-order valence-corrected chi connectivity index (χ1v) is 4.57. The van der Waals surface area contributed by atoms with Gasteiger partial charge in [0.1, 0.15) is 5.82 Å². The van der Waals surface area contributed by atoms with Crippen molar-refractivity contribution in [2.24, 2.45) is 0 Å². The number of rotatable bonds is 2. The van der Waals surface area contributed by atoms with Gasteiger partial charge >= 0.3 is 6.09 Å². The highest BCUT2D eigenvalue weighted by atomic mass is 79.9. The molecule has 1 heterocycles. The van der Waals surface area contributed by atoms with Gasteiger partial charge in [0, 0.05) is 10.7 Å². The molecule has 0 aliphatic heterocycles. The number of ether oxygens (including phenoxy) is 1. The third kappa shape index (κ3) is 3.42. The summed E-state index contributed by atoms with van der Waals surface area (Å²) in [5, 5.41) is 2.48. The first-order chi connectivity index (χ1) is 6.22. The number of amides is 1. The molecule has 4 nitrogen and oxygen atoms in total. The molecule has 0 spiro atoms. The average Bonchev–Trinajstić information content (AvgIpc) is 2.09. The molecule has 0 radical (unpaired) electrons.